The maximum absolute atomic E-state index is 6.09. The van der Waals surface area contributed by atoms with Crippen LogP contribution in [0.1, 0.15) is 5.69 Å². The molecule has 1 aromatic heterocycles. The molecule has 0 atom stereocenters. The Kier molecular flexibility index (Phi) is 4.20. The van der Waals surface area contributed by atoms with Crippen LogP contribution in [-0.2, 0) is 11.8 Å². The van der Waals surface area contributed by atoms with E-state index in [2.05, 4.69) is 34.3 Å². The fourth-order valence-corrected chi connectivity index (χ4v) is 6.47. The van der Waals surface area contributed by atoms with Gasteiger partial charge < -0.3 is 5.09 Å². The zero-order valence-electron chi connectivity index (χ0n) is 11.6. The molecule has 0 unspecified atom stereocenters. The molecule has 5 heteroatoms. The summed E-state index contributed by atoms with van der Waals surface area (Å²) in [6.45, 7) is 2.00. The molecule has 0 saturated carbocycles. The van der Waals surface area contributed by atoms with Crippen LogP contribution >= 0.6 is 17.5 Å². The van der Waals surface area contributed by atoms with Crippen LogP contribution in [0, 0.1) is 6.92 Å². The molecule has 0 bridgehead atoms. The van der Waals surface area contributed by atoms with Gasteiger partial charge in [-0.3, -0.25) is 0 Å². The molecule has 0 aliphatic carbocycles. The Morgan fingerprint density at radius 3 is 1.90 bits per heavy atom. The Labute approximate surface area is 133 Å². The van der Waals surface area contributed by atoms with Crippen LogP contribution in [0.2, 0.25) is 0 Å². The van der Waals surface area contributed by atoms with Crippen LogP contribution in [0.3, 0.4) is 0 Å². The highest BCUT2D eigenvalue weighted by Crippen LogP contribution is 2.44. The normalized spacial score (nSPS) is 11.3. The van der Waals surface area contributed by atoms with Crippen molar-refractivity contribution < 1.29 is 0 Å². The Balaban J connectivity index is 2.09. The Bertz CT molecular complexity index is 726. The van der Waals surface area contributed by atoms with E-state index in [1.54, 1.807) is 11.3 Å². The average Bonchev–Trinajstić information content (AvgIpc) is 2.94. The molecule has 0 aliphatic rings. The summed E-state index contributed by atoms with van der Waals surface area (Å²) in [6.07, 6.45) is -2.10. The van der Waals surface area contributed by atoms with Crippen LogP contribution in [0.4, 0.5) is 5.13 Å². The third-order valence-electron chi connectivity index (χ3n) is 3.11. The number of rotatable bonds is 4. The number of benzene rings is 2. The van der Waals surface area contributed by atoms with Gasteiger partial charge in [-0.15, -0.1) is 11.3 Å². The molecule has 0 saturated heterocycles. The molecule has 0 radical (unpaired) electrons. The number of thiazole rings is 1. The molecular formula is C16H15N2PS2. The SMILES string of the molecule is Cc1csc(NP(=S)(c2ccccc2)c2ccccc2)n1. The van der Waals surface area contributed by atoms with Crippen molar-refractivity contribution in [3.05, 3.63) is 71.7 Å². The van der Waals surface area contributed by atoms with E-state index in [0.29, 0.717) is 0 Å². The lowest BCUT2D eigenvalue weighted by molar-refractivity contribution is 1.27. The fraction of sp³-hybridized carbons (Fsp3) is 0.0625. The third kappa shape index (κ3) is 3.08. The van der Waals surface area contributed by atoms with E-state index in [9.17, 15) is 0 Å². The zero-order valence-corrected chi connectivity index (χ0v) is 14.1. The van der Waals surface area contributed by atoms with Gasteiger partial charge in [0.1, 0.15) is 0 Å². The first-order chi connectivity index (χ1) is 10.2. The largest absolute Gasteiger partial charge is 0.327 e. The van der Waals surface area contributed by atoms with Crippen molar-refractivity contribution in [3.8, 4) is 0 Å². The van der Waals surface area contributed by atoms with Gasteiger partial charge in [-0.1, -0.05) is 72.5 Å². The van der Waals surface area contributed by atoms with E-state index in [0.717, 1.165) is 21.4 Å². The van der Waals surface area contributed by atoms with Crippen molar-refractivity contribution >= 4 is 45.1 Å². The summed E-state index contributed by atoms with van der Waals surface area (Å²) in [5.41, 5.74) is 1.02. The van der Waals surface area contributed by atoms with E-state index in [-0.39, 0.29) is 0 Å². The van der Waals surface area contributed by atoms with E-state index in [1.807, 2.05) is 48.7 Å². The molecule has 1 N–H and O–H groups in total. The number of nitrogens with one attached hydrogen (secondary N) is 1. The van der Waals surface area contributed by atoms with Gasteiger partial charge in [-0.05, 0) is 6.92 Å². The minimum absolute atomic E-state index is 0.892. The van der Waals surface area contributed by atoms with Gasteiger partial charge in [0.25, 0.3) is 0 Å². The molecule has 0 fully saturated rings. The van der Waals surface area contributed by atoms with Gasteiger partial charge in [0.15, 0.2) is 5.13 Å². The fourth-order valence-electron chi connectivity index (χ4n) is 2.09. The summed E-state index contributed by atoms with van der Waals surface area (Å²) < 4.78 is 0. The lowest BCUT2D eigenvalue weighted by atomic mass is 10.4. The average molecular weight is 330 g/mol. The van der Waals surface area contributed by atoms with Crippen molar-refractivity contribution in [1.29, 1.82) is 0 Å². The molecule has 2 aromatic carbocycles. The lowest BCUT2D eigenvalue weighted by Gasteiger charge is -2.24. The maximum Gasteiger partial charge on any atom is 0.187 e. The predicted molar refractivity (Wildman–Crippen MR) is 96.9 cm³/mol. The molecule has 2 nitrogen and oxygen atoms in total. The molecule has 3 aromatic rings. The second kappa shape index (κ2) is 6.10. The van der Waals surface area contributed by atoms with Crippen LogP contribution in [0.5, 0.6) is 0 Å². The van der Waals surface area contributed by atoms with Gasteiger partial charge in [-0.2, -0.15) is 0 Å². The molecule has 0 aliphatic heterocycles. The van der Waals surface area contributed by atoms with Crippen molar-refractivity contribution in [1.82, 2.24) is 4.98 Å². The number of hydrogen-bond donors (Lipinski definition) is 1. The standard InChI is InChI=1S/C16H15N2PS2/c1-13-12-21-16(17-13)18-19(20,14-8-4-2-5-9-14)15-10-6-3-7-11-15/h2-12H,1H3,(H,17,18,20). The smallest absolute Gasteiger partial charge is 0.187 e. The molecular weight excluding hydrogens is 315 g/mol. The molecule has 1 heterocycles. The number of nitrogens with zero attached hydrogens (tertiary/aromatic N) is 1. The summed E-state index contributed by atoms with van der Waals surface area (Å²) in [7, 11) is 0. The summed E-state index contributed by atoms with van der Waals surface area (Å²) in [5, 5.41) is 8.78. The highest BCUT2D eigenvalue weighted by Gasteiger charge is 2.23. The number of hydrogen-bond acceptors (Lipinski definition) is 3. The highest BCUT2D eigenvalue weighted by atomic mass is 32.4. The van der Waals surface area contributed by atoms with Crippen LogP contribution in [0.25, 0.3) is 0 Å². The summed E-state index contributed by atoms with van der Waals surface area (Å²) >= 11 is 7.70. The minimum atomic E-state index is -2.10. The van der Waals surface area contributed by atoms with Crippen molar-refractivity contribution in [3.63, 3.8) is 0 Å². The third-order valence-corrected chi connectivity index (χ3v) is 8.25. The lowest BCUT2D eigenvalue weighted by Crippen LogP contribution is -2.21. The monoisotopic (exact) mass is 330 g/mol. The Hall–Kier alpha value is -1.48. The van der Waals surface area contributed by atoms with Crippen molar-refractivity contribution in [2.75, 3.05) is 5.09 Å². The highest BCUT2D eigenvalue weighted by molar-refractivity contribution is 8.22. The Morgan fingerprint density at radius 2 is 1.48 bits per heavy atom. The van der Waals surface area contributed by atoms with Crippen LogP contribution in [-0.4, -0.2) is 4.98 Å². The molecule has 106 valence electrons. The van der Waals surface area contributed by atoms with Gasteiger partial charge >= 0.3 is 0 Å². The topological polar surface area (TPSA) is 24.9 Å². The second-order valence-electron chi connectivity index (χ2n) is 4.69. The minimum Gasteiger partial charge on any atom is -0.327 e. The molecule has 0 spiro atoms. The van der Waals surface area contributed by atoms with Gasteiger partial charge in [0.2, 0.25) is 0 Å². The van der Waals surface area contributed by atoms with Crippen LogP contribution in [0.15, 0.2) is 66.0 Å². The van der Waals surface area contributed by atoms with Crippen molar-refractivity contribution in [2.24, 2.45) is 0 Å². The summed E-state index contributed by atoms with van der Waals surface area (Å²) in [5.74, 6) is 0. The second-order valence-corrected chi connectivity index (χ2v) is 9.66. The molecule has 21 heavy (non-hydrogen) atoms. The van der Waals surface area contributed by atoms with E-state index in [4.69, 9.17) is 11.8 Å². The number of anilines is 1. The molecule has 0 amide bonds. The Morgan fingerprint density at radius 1 is 0.952 bits per heavy atom. The van der Waals surface area contributed by atoms with E-state index in [1.165, 1.54) is 0 Å². The maximum atomic E-state index is 6.09. The van der Waals surface area contributed by atoms with Gasteiger partial charge in [0, 0.05) is 16.0 Å². The first-order valence-corrected chi connectivity index (χ1v) is 10.3. The number of aryl methyl sites for hydroxylation is 1. The predicted octanol–water partition coefficient (Wildman–Crippen LogP) is 3.91. The summed E-state index contributed by atoms with van der Waals surface area (Å²) in [4.78, 5) is 4.52. The number of aromatic nitrogens is 1. The first kappa shape index (κ1) is 14.5. The van der Waals surface area contributed by atoms with E-state index >= 15 is 0 Å². The van der Waals surface area contributed by atoms with Gasteiger partial charge in [0.05, 0.1) is 11.9 Å². The van der Waals surface area contributed by atoms with Gasteiger partial charge in [-0.25, -0.2) is 4.98 Å². The zero-order chi connectivity index (χ0) is 14.7. The quantitative estimate of drug-likeness (QED) is 0.734. The summed E-state index contributed by atoms with van der Waals surface area (Å²) in [6, 6.07) is 20.6. The van der Waals surface area contributed by atoms with Crippen LogP contribution < -0.4 is 15.7 Å². The van der Waals surface area contributed by atoms with Crippen molar-refractivity contribution in [2.45, 2.75) is 6.92 Å². The first-order valence-electron chi connectivity index (χ1n) is 6.60. The molecule has 3 rings (SSSR count). The van der Waals surface area contributed by atoms with E-state index < -0.39 is 6.19 Å².